The molecule has 8 heteroatoms. The number of pyridine rings is 1. The first-order valence-corrected chi connectivity index (χ1v) is 10.1. The first-order chi connectivity index (χ1) is 14.7. The van der Waals surface area contributed by atoms with Crippen LogP contribution < -0.4 is 5.56 Å². The Morgan fingerprint density at radius 2 is 2.13 bits per heavy atom. The van der Waals surface area contributed by atoms with Crippen LogP contribution in [0.1, 0.15) is 29.6 Å². The van der Waals surface area contributed by atoms with E-state index < -0.39 is 0 Å². The largest absolute Gasteiger partial charge is 0.337 e. The number of benzene rings is 1. The molecule has 2 aliphatic carbocycles. The molecule has 0 saturated heterocycles. The number of aromatic nitrogens is 5. The van der Waals surface area contributed by atoms with Gasteiger partial charge in [0.1, 0.15) is 12.9 Å². The van der Waals surface area contributed by atoms with E-state index in [4.69, 9.17) is 16.1 Å². The Morgan fingerprint density at radius 3 is 2.97 bits per heavy atom. The van der Waals surface area contributed by atoms with Crippen LogP contribution in [0.15, 0.2) is 64.3 Å². The summed E-state index contributed by atoms with van der Waals surface area (Å²) in [7, 11) is 0. The molecule has 0 aliphatic heterocycles. The zero-order chi connectivity index (χ0) is 20.2. The van der Waals surface area contributed by atoms with E-state index in [1.807, 2.05) is 18.2 Å². The molecule has 0 bridgehead atoms. The van der Waals surface area contributed by atoms with Gasteiger partial charge in [-0.05, 0) is 53.7 Å². The quantitative estimate of drug-likeness (QED) is 0.503. The first-order valence-electron chi connectivity index (χ1n) is 9.77. The minimum atomic E-state index is -0.176. The Hall–Kier alpha value is -3.32. The Labute approximate surface area is 176 Å². The van der Waals surface area contributed by atoms with Crippen LogP contribution in [0.25, 0.3) is 16.6 Å². The topological polar surface area (TPSA) is 86.7 Å². The molecule has 0 radical (unpaired) electrons. The maximum absolute atomic E-state index is 12.6. The van der Waals surface area contributed by atoms with Crippen molar-refractivity contribution in [3.05, 3.63) is 87.7 Å². The molecule has 0 amide bonds. The summed E-state index contributed by atoms with van der Waals surface area (Å²) in [6.45, 7) is 0.190. The number of hydrogen-bond acceptors (Lipinski definition) is 6. The lowest BCUT2D eigenvalue weighted by Gasteiger charge is -2.06. The molecule has 0 spiro atoms. The van der Waals surface area contributed by atoms with E-state index >= 15 is 0 Å². The van der Waals surface area contributed by atoms with Gasteiger partial charge in [-0.1, -0.05) is 35.0 Å². The highest BCUT2D eigenvalue weighted by molar-refractivity contribution is 6.30. The molecule has 3 atom stereocenters. The van der Waals surface area contributed by atoms with Crippen molar-refractivity contribution < 1.29 is 4.52 Å². The van der Waals surface area contributed by atoms with Crippen LogP contribution in [0.4, 0.5) is 0 Å². The average molecular weight is 418 g/mol. The van der Waals surface area contributed by atoms with Crippen molar-refractivity contribution in [3.63, 3.8) is 0 Å². The Kier molecular flexibility index (Phi) is 3.86. The SMILES string of the molecule is O=c1c2cccnc2ncn1Cc1nc([C@@H]2[C@H]3C=C(c4cccc(Cl)c4)C[C@H]32)no1. The van der Waals surface area contributed by atoms with Crippen molar-refractivity contribution in [2.75, 3.05) is 0 Å². The lowest BCUT2D eigenvalue weighted by molar-refractivity contribution is 0.364. The van der Waals surface area contributed by atoms with Crippen LogP contribution in [0, 0.1) is 11.8 Å². The predicted molar refractivity (Wildman–Crippen MR) is 111 cm³/mol. The number of rotatable bonds is 4. The molecule has 148 valence electrons. The van der Waals surface area contributed by atoms with Crippen molar-refractivity contribution in [1.29, 1.82) is 0 Å². The molecule has 2 aliphatic rings. The van der Waals surface area contributed by atoms with Gasteiger partial charge in [0, 0.05) is 17.1 Å². The maximum Gasteiger partial charge on any atom is 0.263 e. The third-order valence-electron chi connectivity index (χ3n) is 5.96. The summed E-state index contributed by atoms with van der Waals surface area (Å²) < 4.78 is 6.89. The standard InChI is InChI=1S/C22H16ClN5O2/c23-14-4-1-3-12(7-14)13-8-16-17(9-13)19(16)21-26-18(30-27-21)10-28-11-25-20-15(22(28)29)5-2-6-24-20/h1-8,11,16-17,19H,9-10H2/t16-,17+,19+/m0/s1. The Balaban J connectivity index is 1.20. The van der Waals surface area contributed by atoms with Gasteiger partial charge in [-0.3, -0.25) is 9.36 Å². The lowest BCUT2D eigenvalue weighted by Crippen LogP contribution is -2.21. The van der Waals surface area contributed by atoms with E-state index in [9.17, 15) is 4.79 Å². The molecule has 0 N–H and O–H groups in total. The first kappa shape index (κ1) is 17.5. The molecule has 1 aromatic carbocycles. The van der Waals surface area contributed by atoms with Gasteiger partial charge in [0.25, 0.3) is 5.56 Å². The molecule has 1 saturated carbocycles. The minimum absolute atomic E-state index is 0.176. The summed E-state index contributed by atoms with van der Waals surface area (Å²) >= 11 is 6.12. The lowest BCUT2D eigenvalue weighted by atomic mass is 10.0. The van der Waals surface area contributed by atoms with Gasteiger partial charge in [-0.15, -0.1) is 0 Å². The van der Waals surface area contributed by atoms with Crippen molar-refractivity contribution in [2.24, 2.45) is 11.8 Å². The molecule has 7 nitrogen and oxygen atoms in total. The molecule has 1 fully saturated rings. The van der Waals surface area contributed by atoms with E-state index in [0.717, 1.165) is 11.4 Å². The molecule has 3 aromatic heterocycles. The van der Waals surface area contributed by atoms with Gasteiger partial charge < -0.3 is 4.52 Å². The van der Waals surface area contributed by atoms with Gasteiger partial charge in [0.15, 0.2) is 11.5 Å². The fourth-order valence-electron chi connectivity index (χ4n) is 4.44. The highest BCUT2D eigenvalue weighted by atomic mass is 35.5. The molecular weight excluding hydrogens is 402 g/mol. The van der Waals surface area contributed by atoms with Gasteiger partial charge in [0.2, 0.25) is 5.89 Å². The fraction of sp³-hybridized carbons (Fsp3) is 0.227. The highest BCUT2D eigenvalue weighted by Crippen LogP contribution is 2.62. The summed E-state index contributed by atoms with van der Waals surface area (Å²) in [5.41, 5.74) is 2.76. The van der Waals surface area contributed by atoms with Crippen LogP contribution in [-0.2, 0) is 6.54 Å². The second-order valence-corrected chi connectivity index (χ2v) is 8.21. The smallest absolute Gasteiger partial charge is 0.263 e. The Morgan fingerprint density at radius 1 is 1.20 bits per heavy atom. The normalized spacial score (nSPS) is 22.2. The van der Waals surface area contributed by atoms with Crippen LogP contribution in [0.5, 0.6) is 0 Å². The summed E-state index contributed by atoms with van der Waals surface area (Å²) in [4.78, 5) is 25.5. The third kappa shape index (κ3) is 2.85. The number of fused-ring (bicyclic) bond motifs is 2. The number of nitrogens with zero attached hydrogens (tertiary/aromatic N) is 5. The van der Waals surface area contributed by atoms with Gasteiger partial charge in [-0.2, -0.15) is 4.98 Å². The maximum atomic E-state index is 12.6. The Bertz CT molecular complexity index is 1380. The van der Waals surface area contributed by atoms with Crippen LogP contribution in [0.2, 0.25) is 5.02 Å². The van der Waals surface area contributed by atoms with E-state index in [-0.39, 0.29) is 18.0 Å². The van der Waals surface area contributed by atoms with Crippen molar-refractivity contribution in [3.8, 4) is 0 Å². The van der Waals surface area contributed by atoms with E-state index in [0.29, 0.717) is 34.6 Å². The van der Waals surface area contributed by atoms with Gasteiger partial charge in [-0.25, -0.2) is 9.97 Å². The highest BCUT2D eigenvalue weighted by Gasteiger charge is 2.55. The fourth-order valence-corrected chi connectivity index (χ4v) is 4.63. The van der Waals surface area contributed by atoms with Gasteiger partial charge in [0.05, 0.1) is 5.39 Å². The number of allylic oxidation sites excluding steroid dienone is 2. The van der Waals surface area contributed by atoms with Crippen LogP contribution in [0.3, 0.4) is 0 Å². The van der Waals surface area contributed by atoms with E-state index in [2.05, 4.69) is 32.3 Å². The zero-order valence-corrected chi connectivity index (χ0v) is 16.5. The molecule has 3 heterocycles. The second kappa shape index (κ2) is 6.60. The summed E-state index contributed by atoms with van der Waals surface area (Å²) in [5.74, 6) is 2.33. The molecule has 30 heavy (non-hydrogen) atoms. The van der Waals surface area contributed by atoms with Crippen molar-refractivity contribution in [1.82, 2.24) is 24.7 Å². The van der Waals surface area contributed by atoms with E-state index in [1.54, 1.807) is 18.3 Å². The summed E-state index contributed by atoms with van der Waals surface area (Å²) in [5, 5.41) is 5.40. The molecule has 0 unspecified atom stereocenters. The monoisotopic (exact) mass is 417 g/mol. The predicted octanol–water partition coefficient (Wildman–Crippen LogP) is 3.69. The minimum Gasteiger partial charge on any atom is -0.337 e. The molecular formula is C22H16ClN5O2. The summed E-state index contributed by atoms with van der Waals surface area (Å²) in [6, 6.07) is 11.4. The van der Waals surface area contributed by atoms with Crippen LogP contribution >= 0.6 is 11.6 Å². The zero-order valence-electron chi connectivity index (χ0n) is 15.8. The van der Waals surface area contributed by atoms with Crippen molar-refractivity contribution in [2.45, 2.75) is 18.9 Å². The third-order valence-corrected chi connectivity index (χ3v) is 6.19. The van der Waals surface area contributed by atoms with Gasteiger partial charge >= 0.3 is 0 Å². The summed E-state index contributed by atoms with van der Waals surface area (Å²) in [6.07, 6.45) is 6.37. The average Bonchev–Trinajstić information content (AvgIpc) is 3.10. The van der Waals surface area contributed by atoms with Crippen molar-refractivity contribution >= 4 is 28.2 Å². The molecule has 4 aromatic rings. The molecule has 6 rings (SSSR count). The number of hydrogen-bond donors (Lipinski definition) is 0. The second-order valence-electron chi connectivity index (χ2n) is 7.77. The number of halogens is 1. The van der Waals surface area contributed by atoms with E-state index in [1.165, 1.54) is 22.0 Å². The van der Waals surface area contributed by atoms with Crippen LogP contribution in [-0.4, -0.2) is 24.7 Å².